The molecule has 0 amide bonds. The number of benzene rings is 1. The normalized spacial score (nSPS) is 17.2. The van der Waals surface area contributed by atoms with Gasteiger partial charge in [-0.25, -0.2) is 0 Å². The van der Waals surface area contributed by atoms with Crippen LogP contribution in [0.5, 0.6) is 0 Å². The van der Waals surface area contributed by atoms with Gasteiger partial charge < -0.3 is 4.90 Å². The van der Waals surface area contributed by atoms with E-state index in [1.807, 2.05) is 35.2 Å². The lowest BCUT2D eigenvalue weighted by molar-refractivity contribution is -0.421. The summed E-state index contributed by atoms with van der Waals surface area (Å²) in [6.07, 6.45) is 3.18. The maximum absolute atomic E-state index is 11.7. The van der Waals surface area contributed by atoms with Crippen LogP contribution in [-0.2, 0) is 5.75 Å². The van der Waals surface area contributed by atoms with Crippen molar-refractivity contribution in [2.24, 2.45) is 0 Å². The Morgan fingerprint density at radius 1 is 1.21 bits per heavy atom. The molecule has 4 nitrogen and oxygen atoms in total. The van der Waals surface area contributed by atoms with Crippen molar-refractivity contribution in [3.8, 4) is 0 Å². The Bertz CT molecular complexity index is 643. The molecule has 1 saturated heterocycles. The molecule has 0 atom stereocenters. The van der Waals surface area contributed by atoms with Gasteiger partial charge in [-0.05, 0) is 40.8 Å². The molecule has 1 aromatic carbocycles. The SMILES string of the molecule is O=[N+]([O-])C(/C(Cl)=C(/Cl)Br)=C(/SCc1ccccc1)N1CCCCC1. The predicted molar refractivity (Wildman–Crippen MR) is 105 cm³/mol. The minimum absolute atomic E-state index is 0.0469. The molecular formula is C16H17BrCl2N2O2S. The zero-order valence-corrected chi connectivity index (χ0v) is 16.8. The first-order valence-corrected chi connectivity index (χ1v) is 10.1. The van der Waals surface area contributed by atoms with Gasteiger partial charge in [0.15, 0.2) is 5.03 Å². The highest BCUT2D eigenvalue weighted by Crippen LogP contribution is 2.36. The Balaban J connectivity index is 2.37. The molecule has 0 aromatic heterocycles. The molecule has 1 fully saturated rings. The second-order valence-electron chi connectivity index (χ2n) is 5.31. The van der Waals surface area contributed by atoms with Gasteiger partial charge >= 0.3 is 5.70 Å². The third-order valence-corrected chi connectivity index (χ3v) is 6.10. The summed E-state index contributed by atoms with van der Waals surface area (Å²) in [6, 6.07) is 9.86. The average Bonchev–Trinajstić information content (AvgIpc) is 2.59. The van der Waals surface area contributed by atoms with Crippen LogP contribution in [0.25, 0.3) is 0 Å². The highest BCUT2D eigenvalue weighted by atomic mass is 79.9. The molecule has 0 spiro atoms. The third kappa shape index (κ3) is 5.41. The van der Waals surface area contributed by atoms with Gasteiger partial charge in [0, 0.05) is 18.8 Å². The van der Waals surface area contributed by atoms with Crippen molar-refractivity contribution in [3.63, 3.8) is 0 Å². The molecule has 0 bridgehead atoms. The molecule has 0 radical (unpaired) electrons. The van der Waals surface area contributed by atoms with E-state index in [9.17, 15) is 10.1 Å². The molecule has 2 rings (SSSR count). The minimum atomic E-state index is -0.450. The van der Waals surface area contributed by atoms with Crippen molar-refractivity contribution in [1.82, 2.24) is 4.90 Å². The fourth-order valence-electron chi connectivity index (χ4n) is 2.47. The quantitative estimate of drug-likeness (QED) is 0.307. The van der Waals surface area contributed by atoms with Crippen LogP contribution in [-0.4, -0.2) is 22.9 Å². The minimum Gasteiger partial charge on any atom is -0.361 e. The molecule has 24 heavy (non-hydrogen) atoms. The number of nitrogens with zero attached hydrogens (tertiary/aromatic N) is 2. The third-order valence-electron chi connectivity index (χ3n) is 3.62. The largest absolute Gasteiger partial charge is 0.361 e. The average molecular weight is 452 g/mol. The summed E-state index contributed by atoms with van der Waals surface area (Å²) in [6.45, 7) is 1.58. The van der Waals surface area contributed by atoms with E-state index in [0.29, 0.717) is 10.8 Å². The first-order chi connectivity index (χ1) is 11.5. The molecule has 130 valence electrons. The topological polar surface area (TPSA) is 46.4 Å². The molecule has 0 N–H and O–H groups in total. The van der Waals surface area contributed by atoms with Crippen LogP contribution in [0.1, 0.15) is 24.8 Å². The lowest BCUT2D eigenvalue weighted by Crippen LogP contribution is -2.30. The zero-order valence-electron chi connectivity index (χ0n) is 12.9. The van der Waals surface area contributed by atoms with Crippen LogP contribution in [0.15, 0.2) is 50.0 Å². The van der Waals surface area contributed by atoms with Gasteiger partial charge in [-0.15, -0.1) is 0 Å². The smallest absolute Gasteiger partial charge is 0.319 e. The molecule has 0 aliphatic carbocycles. The van der Waals surface area contributed by atoms with E-state index in [2.05, 4.69) is 15.9 Å². The molecular weight excluding hydrogens is 435 g/mol. The van der Waals surface area contributed by atoms with E-state index in [4.69, 9.17) is 23.2 Å². The standard InChI is InChI=1S/C16H17BrCl2N2O2S/c17-15(19)13(18)14(21(22)23)16(20-9-5-2-6-10-20)24-11-12-7-3-1-4-8-12/h1,3-4,7-8H,2,5-6,9-11H2/b15-13-,16-14+. The first kappa shape index (κ1) is 19.6. The van der Waals surface area contributed by atoms with Crippen LogP contribution in [0.3, 0.4) is 0 Å². The number of thioether (sulfide) groups is 1. The summed E-state index contributed by atoms with van der Waals surface area (Å²) in [5, 5.41) is 12.2. The summed E-state index contributed by atoms with van der Waals surface area (Å²) in [7, 11) is 0. The van der Waals surface area contributed by atoms with Gasteiger partial charge in [0.1, 0.15) is 8.97 Å². The summed E-state index contributed by atoms with van der Waals surface area (Å²) >= 11 is 16.5. The van der Waals surface area contributed by atoms with E-state index in [-0.39, 0.29) is 14.7 Å². The predicted octanol–water partition coefficient (Wildman–Crippen LogP) is 5.89. The molecule has 1 aromatic rings. The number of hydrogen-bond donors (Lipinski definition) is 0. The van der Waals surface area contributed by atoms with Gasteiger partial charge in [0.05, 0.1) is 4.92 Å². The van der Waals surface area contributed by atoms with Crippen LogP contribution >= 0.6 is 50.9 Å². The monoisotopic (exact) mass is 450 g/mol. The van der Waals surface area contributed by atoms with Crippen molar-refractivity contribution < 1.29 is 4.92 Å². The van der Waals surface area contributed by atoms with E-state index < -0.39 is 4.92 Å². The van der Waals surface area contributed by atoms with Crippen molar-refractivity contribution >= 4 is 50.9 Å². The van der Waals surface area contributed by atoms with Crippen LogP contribution < -0.4 is 0 Å². The fourth-order valence-corrected chi connectivity index (χ4v) is 4.14. The van der Waals surface area contributed by atoms with Crippen LogP contribution in [0.2, 0.25) is 0 Å². The summed E-state index contributed by atoms with van der Waals surface area (Å²) < 4.78 is 0.0469. The van der Waals surface area contributed by atoms with Gasteiger partial charge in [0.2, 0.25) is 0 Å². The molecule has 1 aliphatic rings. The highest BCUT2D eigenvalue weighted by Gasteiger charge is 2.29. The molecule has 8 heteroatoms. The van der Waals surface area contributed by atoms with Crippen LogP contribution in [0.4, 0.5) is 0 Å². The number of halogens is 3. The first-order valence-electron chi connectivity index (χ1n) is 7.52. The van der Waals surface area contributed by atoms with Crippen LogP contribution in [0, 0.1) is 10.1 Å². The number of rotatable bonds is 6. The number of allylic oxidation sites excluding steroid dienone is 1. The summed E-state index contributed by atoms with van der Waals surface area (Å²) in [4.78, 5) is 13.2. The van der Waals surface area contributed by atoms with Crippen molar-refractivity contribution in [1.29, 1.82) is 0 Å². The van der Waals surface area contributed by atoms with Gasteiger partial charge in [-0.1, -0.05) is 65.3 Å². The fraction of sp³-hybridized carbons (Fsp3) is 0.375. The Morgan fingerprint density at radius 2 is 1.83 bits per heavy atom. The lowest BCUT2D eigenvalue weighted by Gasteiger charge is -2.30. The Hall–Kier alpha value is -0.690. The Morgan fingerprint density at radius 3 is 2.38 bits per heavy atom. The number of likely N-dealkylation sites (tertiary alicyclic amines) is 1. The number of piperidine rings is 1. The number of nitro groups is 1. The van der Waals surface area contributed by atoms with Gasteiger partial charge in [0.25, 0.3) is 0 Å². The van der Waals surface area contributed by atoms with Gasteiger partial charge in [-0.3, -0.25) is 10.1 Å². The summed E-state index contributed by atoms with van der Waals surface area (Å²) in [5.41, 5.74) is 0.964. The Kier molecular flexibility index (Phi) is 7.94. The summed E-state index contributed by atoms with van der Waals surface area (Å²) in [5.74, 6) is 0.633. The molecule has 1 heterocycles. The zero-order chi connectivity index (χ0) is 17.5. The van der Waals surface area contributed by atoms with Crippen molar-refractivity contribution in [2.75, 3.05) is 13.1 Å². The second kappa shape index (κ2) is 9.70. The second-order valence-corrected chi connectivity index (χ2v) is 8.28. The van der Waals surface area contributed by atoms with Crippen molar-refractivity contribution in [2.45, 2.75) is 25.0 Å². The maximum Gasteiger partial charge on any atom is 0.319 e. The van der Waals surface area contributed by atoms with E-state index in [1.165, 1.54) is 11.8 Å². The Labute approximate surface area is 164 Å². The van der Waals surface area contributed by atoms with Gasteiger partial charge in [-0.2, -0.15) is 0 Å². The van der Waals surface area contributed by atoms with E-state index >= 15 is 0 Å². The van der Waals surface area contributed by atoms with E-state index in [0.717, 1.165) is 37.9 Å². The van der Waals surface area contributed by atoms with E-state index in [1.54, 1.807) is 0 Å². The molecule has 0 saturated carbocycles. The lowest BCUT2D eigenvalue weighted by atomic mass is 10.1. The molecule has 0 unspecified atom stereocenters. The maximum atomic E-state index is 11.7. The highest BCUT2D eigenvalue weighted by molar-refractivity contribution is 9.12. The molecule has 1 aliphatic heterocycles. The number of hydrogen-bond acceptors (Lipinski definition) is 4. The van der Waals surface area contributed by atoms with Crippen molar-refractivity contribution in [3.05, 3.63) is 65.7 Å².